The van der Waals surface area contributed by atoms with Gasteiger partial charge in [0.1, 0.15) is 11.9 Å². The minimum absolute atomic E-state index is 0.0537. The summed E-state index contributed by atoms with van der Waals surface area (Å²) >= 11 is 0. The second-order valence-corrected chi connectivity index (χ2v) is 6.39. The topological polar surface area (TPSA) is 94.4 Å². The second-order valence-electron chi connectivity index (χ2n) is 6.39. The van der Waals surface area contributed by atoms with Crippen molar-refractivity contribution in [2.45, 2.75) is 45.3 Å². The Balaban J connectivity index is 1.56. The Morgan fingerprint density at radius 2 is 2.42 bits per heavy atom. The molecule has 7 heteroatoms. The molecule has 2 aromatic rings. The van der Waals surface area contributed by atoms with Crippen LogP contribution in [0.5, 0.6) is 0 Å². The Bertz CT molecular complexity index is 661. The largest absolute Gasteiger partial charge is 0.467 e. The molecule has 0 saturated carbocycles. The van der Waals surface area contributed by atoms with Crippen molar-refractivity contribution in [2.75, 3.05) is 18.4 Å². The first-order chi connectivity index (χ1) is 11.5. The standard InChI is InChI=1S/C17H24N4O3/c1-11-17(12(2)20-19-11)18-16(23)10-21-7-3-5-13(21)9-14(22)15-6-4-8-24-15/h4,6,8,13-14,22H,3,5,7,9-10H2,1-2H3,(H,18,23)(H,19,20). The van der Waals surface area contributed by atoms with Gasteiger partial charge in [0.15, 0.2) is 0 Å². The lowest BCUT2D eigenvalue weighted by molar-refractivity contribution is -0.117. The number of hydrogen-bond acceptors (Lipinski definition) is 5. The number of aliphatic hydroxyl groups excluding tert-OH is 1. The Hall–Kier alpha value is -2.12. The van der Waals surface area contributed by atoms with Gasteiger partial charge >= 0.3 is 0 Å². The number of nitrogens with one attached hydrogen (secondary N) is 2. The number of amides is 1. The maximum atomic E-state index is 12.4. The number of furan rings is 1. The lowest BCUT2D eigenvalue weighted by Gasteiger charge is -2.25. The van der Waals surface area contributed by atoms with Crippen molar-refractivity contribution < 1.29 is 14.3 Å². The zero-order valence-corrected chi connectivity index (χ0v) is 14.1. The number of aromatic nitrogens is 2. The summed E-state index contributed by atoms with van der Waals surface area (Å²) < 4.78 is 5.26. The van der Waals surface area contributed by atoms with Gasteiger partial charge in [-0.2, -0.15) is 5.10 Å². The summed E-state index contributed by atoms with van der Waals surface area (Å²) in [5, 5.41) is 20.2. The van der Waals surface area contributed by atoms with E-state index in [2.05, 4.69) is 20.4 Å². The number of aliphatic hydroxyl groups is 1. The summed E-state index contributed by atoms with van der Waals surface area (Å²) in [7, 11) is 0. The molecule has 2 unspecified atom stereocenters. The number of anilines is 1. The van der Waals surface area contributed by atoms with Crippen LogP contribution in [-0.2, 0) is 4.79 Å². The number of nitrogens with zero attached hydrogens (tertiary/aromatic N) is 2. The summed E-state index contributed by atoms with van der Waals surface area (Å²) in [5.41, 5.74) is 2.39. The maximum absolute atomic E-state index is 12.4. The fraction of sp³-hybridized carbons (Fsp3) is 0.529. The molecule has 0 aromatic carbocycles. The molecule has 0 radical (unpaired) electrons. The van der Waals surface area contributed by atoms with Crippen molar-refractivity contribution >= 4 is 11.6 Å². The van der Waals surface area contributed by atoms with Crippen LogP contribution in [0.15, 0.2) is 22.8 Å². The highest BCUT2D eigenvalue weighted by atomic mass is 16.4. The highest BCUT2D eigenvalue weighted by Gasteiger charge is 2.29. The lowest BCUT2D eigenvalue weighted by Crippen LogP contribution is -2.37. The van der Waals surface area contributed by atoms with E-state index in [1.165, 1.54) is 0 Å². The third-order valence-corrected chi connectivity index (χ3v) is 4.61. The van der Waals surface area contributed by atoms with Gasteiger partial charge in [0.2, 0.25) is 5.91 Å². The monoisotopic (exact) mass is 332 g/mol. The van der Waals surface area contributed by atoms with Gasteiger partial charge < -0.3 is 14.8 Å². The summed E-state index contributed by atoms with van der Waals surface area (Å²) in [6.45, 7) is 4.93. The minimum Gasteiger partial charge on any atom is -0.467 e. The smallest absolute Gasteiger partial charge is 0.238 e. The van der Waals surface area contributed by atoms with Gasteiger partial charge in [0, 0.05) is 6.04 Å². The summed E-state index contributed by atoms with van der Waals surface area (Å²) in [4.78, 5) is 14.5. The van der Waals surface area contributed by atoms with Crippen LogP contribution in [-0.4, -0.2) is 45.2 Å². The number of H-pyrrole nitrogens is 1. The van der Waals surface area contributed by atoms with Gasteiger partial charge in [0.05, 0.1) is 29.9 Å². The zero-order chi connectivity index (χ0) is 17.1. The normalized spacial score (nSPS) is 19.5. The Morgan fingerprint density at radius 1 is 1.58 bits per heavy atom. The average molecular weight is 332 g/mol. The number of aryl methyl sites for hydroxylation is 2. The Morgan fingerprint density at radius 3 is 3.08 bits per heavy atom. The average Bonchev–Trinajstić information content (AvgIpc) is 3.27. The molecular weight excluding hydrogens is 308 g/mol. The van der Waals surface area contributed by atoms with Crippen LogP contribution in [0.25, 0.3) is 0 Å². The highest BCUT2D eigenvalue weighted by Crippen LogP contribution is 2.27. The van der Waals surface area contributed by atoms with Crippen molar-refractivity contribution in [3.8, 4) is 0 Å². The van der Waals surface area contributed by atoms with Crippen LogP contribution >= 0.6 is 0 Å². The van der Waals surface area contributed by atoms with Crippen LogP contribution in [0.2, 0.25) is 0 Å². The summed E-state index contributed by atoms with van der Waals surface area (Å²) in [6.07, 6.45) is 3.52. The number of likely N-dealkylation sites (tertiary alicyclic amines) is 1. The molecule has 3 N–H and O–H groups in total. The molecule has 24 heavy (non-hydrogen) atoms. The molecule has 2 aromatic heterocycles. The number of hydrogen-bond donors (Lipinski definition) is 3. The van der Waals surface area contributed by atoms with E-state index in [9.17, 15) is 9.90 Å². The SMILES string of the molecule is Cc1n[nH]c(C)c1NC(=O)CN1CCCC1CC(O)c1ccco1. The van der Waals surface area contributed by atoms with E-state index in [-0.39, 0.29) is 11.9 Å². The highest BCUT2D eigenvalue weighted by molar-refractivity contribution is 5.93. The molecule has 0 bridgehead atoms. The third kappa shape index (κ3) is 3.68. The van der Waals surface area contributed by atoms with Crippen LogP contribution in [0.4, 0.5) is 5.69 Å². The van der Waals surface area contributed by atoms with Crippen LogP contribution in [0, 0.1) is 13.8 Å². The Labute approximate surface area is 141 Å². The molecular formula is C17H24N4O3. The third-order valence-electron chi connectivity index (χ3n) is 4.61. The molecule has 1 amide bonds. The van der Waals surface area contributed by atoms with E-state index < -0.39 is 6.10 Å². The van der Waals surface area contributed by atoms with Crippen molar-refractivity contribution in [3.63, 3.8) is 0 Å². The molecule has 1 fully saturated rings. The molecule has 3 rings (SSSR count). The van der Waals surface area contributed by atoms with Crippen LogP contribution in [0.3, 0.4) is 0 Å². The zero-order valence-electron chi connectivity index (χ0n) is 14.1. The van der Waals surface area contributed by atoms with Crippen LogP contribution in [0.1, 0.15) is 42.5 Å². The quantitative estimate of drug-likeness (QED) is 0.753. The first-order valence-corrected chi connectivity index (χ1v) is 8.31. The number of rotatable bonds is 6. The first kappa shape index (κ1) is 16.7. The molecule has 3 heterocycles. The van der Waals surface area contributed by atoms with Gasteiger partial charge in [-0.05, 0) is 51.8 Å². The van der Waals surface area contributed by atoms with E-state index in [1.807, 2.05) is 13.8 Å². The van der Waals surface area contributed by atoms with E-state index in [0.29, 0.717) is 18.7 Å². The maximum Gasteiger partial charge on any atom is 0.238 e. The van der Waals surface area contributed by atoms with Crippen molar-refractivity contribution in [2.24, 2.45) is 0 Å². The van der Waals surface area contributed by atoms with E-state index in [0.717, 1.165) is 36.5 Å². The van der Waals surface area contributed by atoms with E-state index in [1.54, 1.807) is 18.4 Å². The number of carbonyl (C=O) groups is 1. The van der Waals surface area contributed by atoms with Gasteiger partial charge in [-0.15, -0.1) is 0 Å². The van der Waals surface area contributed by atoms with Gasteiger partial charge in [0.25, 0.3) is 0 Å². The molecule has 1 aliphatic heterocycles. The molecule has 2 atom stereocenters. The molecule has 1 aliphatic rings. The van der Waals surface area contributed by atoms with Crippen molar-refractivity contribution in [1.82, 2.24) is 15.1 Å². The predicted octanol–water partition coefficient (Wildman–Crippen LogP) is 2.15. The minimum atomic E-state index is -0.632. The van der Waals surface area contributed by atoms with Crippen LogP contribution < -0.4 is 5.32 Å². The Kier molecular flexibility index (Phi) is 5.01. The van der Waals surface area contributed by atoms with E-state index in [4.69, 9.17) is 4.42 Å². The van der Waals surface area contributed by atoms with Gasteiger partial charge in [-0.1, -0.05) is 0 Å². The molecule has 1 saturated heterocycles. The van der Waals surface area contributed by atoms with Crippen molar-refractivity contribution in [3.05, 3.63) is 35.5 Å². The lowest BCUT2D eigenvalue weighted by atomic mass is 10.1. The first-order valence-electron chi connectivity index (χ1n) is 8.31. The fourth-order valence-corrected chi connectivity index (χ4v) is 3.32. The predicted molar refractivity (Wildman–Crippen MR) is 89.6 cm³/mol. The number of aromatic amines is 1. The molecule has 130 valence electrons. The summed E-state index contributed by atoms with van der Waals surface area (Å²) in [5.74, 6) is 0.526. The van der Waals surface area contributed by atoms with Gasteiger partial charge in [-0.3, -0.25) is 14.8 Å². The second kappa shape index (κ2) is 7.19. The summed E-state index contributed by atoms with van der Waals surface area (Å²) in [6, 6.07) is 3.73. The molecule has 0 aliphatic carbocycles. The van der Waals surface area contributed by atoms with Gasteiger partial charge in [-0.25, -0.2) is 0 Å². The fourth-order valence-electron chi connectivity index (χ4n) is 3.32. The molecule has 0 spiro atoms. The van der Waals surface area contributed by atoms with Crippen molar-refractivity contribution in [1.29, 1.82) is 0 Å². The molecule has 7 nitrogen and oxygen atoms in total. The van der Waals surface area contributed by atoms with E-state index >= 15 is 0 Å². The number of carbonyl (C=O) groups excluding carboxylic acids is 1.